The van der Waals surface area contributed by atoms with Gasteiger partial charge in [0.05, 0.1) is 27.7 Å². The molecule has 0 N–H and O–H groups in total. The van der Waals surface area contributed by atoms with Gasteiger partial charge in [-0.15, -0.1) is 0 Å². The van der Waals surface area contributed by atoms with Crippen molar-refractivity contribution in [3.63, 3.8) is 0 Å². The number of likely N-dealkylation sites (N-methyl/N-ethyl adjacent to an activating group) is 1. The van der Waals surface area contributed by atoms with E-state index in [2.05, 4.69) is 13.2 Å². The Kier molecular flexibility index (Phi) is 8.62. The molecule has 0 aliphatic heterocycles. The molecule has 5 heteroatoms. The molecule has 120 valence electrons. The van der Waals surface area contributed by atoms with Crippen molar-refractivity contribution < 1.29 is 23.5 Å². The van der Waals surface area contributed by atoms with Gasteiger partial charge in [0.15, 0.2) is 0 Å². The second kappa shape index (κ2) is 9.34. The molecule has 0 heterocycles. The van der Waals surface area contributed by atoms with Crippen molar-refractivity contribution in [1.29, 1.82) is 0 Å². The lowest BCUT2D eigenvalue weighted by Crippen LogP contribution is -2.38. The van der Waals surface area contributed by atoms with Gasteiger partial charge in [-0.1, -0.05) is 26.5 Å². The molecule has 5 nitrogen and oxygen atoms in total. The standard InChI is InChI=1S/C16H28NO4/c1-7-8-10-20-15(18)13(2)12-14(3)16(19)21-11-9-17(4,5)6/h2-3,7-12H2,1,4-6H3/q+1. The summed E-state index contributed by atoms with van der Waals surface area (Å²) >= 11 is 0. The molecular formula is C16H28NO4+. The Labute approximate surface area is 127 Å². The summed E-state index contributed by atoms with van der Waals surface area (Å²) in [5.74, 6) is -0.977. The minimum absolute atomic E-state index is 0.0775. The van der Waals surface area contributed by atoms with Crippen LogP contribution in [-0.4, -0.2) is 57.3 Å². The number of ether oxygens (including phenoxy) is 2. The lowest BCUT2D eigenvalue weighted by molar-refractivity contribution is -0.870. The number of carbonyl (C=O) groups excluding carboxylic acids is 2. The fourth-order valence-electron chi connectivity index (χ4n) is 1.33. The van der Waals surface area contributed by atoms with Crippen LogP contribution in [0, 0.1) is 0 Å². The van der Waals surface area contributed by atoms with Crippen LogP contribution in [0.3, 0.4) is 0 Å². The molecule has 0 saturated heterocycles. The highest BCUT2D eigenvalue weighted by Gasteiger charge is 2.16. The molecule has 0 bridgehead atoms. The summed E-state index contributed by atoms with van der Waals surface area (Å²) in [5.41, 5.74) is 0.438. The third-order valence-electron chi connectivity index (χ3n) is 2.73. The van der Waals surface area contributed by atoms with E-state index in [-0.39, 0.29) is 17.6 Å². The highest BCUT2D eigenvalue weighted by Crippen LogP contribution is 2.11. The zero-order valence-electron chi connectivity index (χ0n) is 13.7. The minimum Gasteiger partial charge on any atom is -0.462 e. The fraction of sp³-hybridized carbons (Fsp3) is 0.625. The number of esters is 2. The molecule has 0 atom stereocenters. The summed E-state index contributed by atoms with van der Waals surface area (Å²) in [6.45, 7) is 10.7. The first kappa shape index (κ1) is 19.4. The van der Waals surface area contributed by atoms with Crippen molar-refractivity contribution in [2.45, 2.75) is 26.2 Å². The highest BCUT2D eigenvalue weighted by molar-refractivity contribution is 5.93. The number of unbranched alkanes of at least 4 members (excludes halogenated alkanes) is 1. The second-order valence-electron chi connectivity index (χ2n) is 6.02. The maximum absolute atomic E-state index is 11.7. The van der Waals surface area contributed by atoms with E-state index in [0.717, 1.165) is 12.8 Å². The Balaban J connectivity index is 4.08. The van der Waals surface area contributed by atoms with Crippen LogP contribution in [0.1, 0.15) is 26.2 Å². The topological polar surface area (TPSA) is 52.6 Å². The first-order chi connectivity index (χ1) is 9.67. The van der Waals surface area contributed by atoms with Crippen LogP contribution >= 0.6 is 0 Å². The quantitative estimate of drug-likeness (QED) is 0.268. The van der Waals surface area contributed by atoms with Crippen molar-refractivity contribution >= 4 is 11.9 Å². The van der Waals surface area contributed by atoms with Gasteiger partial charge >= 0.3 is 11.9 Å². The molecule has 0 aliphatic rings. The maximum atomic E-state index is 11.7. The molecule has 0 saturated carbocycles. The average Bonchev–Trinajstić information content (AvgIpc) is 2.36. The maximum Gasteiger partial charge on any atom is 0.333 e. The van der Waals surface area contributed by atoms with Gasteiger partial charge in [-0.25, -0.2) is 9.59 Å². The molecule has 0 aromatic carbocycles. The van der Waals surface area contributed by atoms with Gasteiger partial charge in [-0.05, 0) is 6.42 Å². The van der Waals surface area contributed by atoms with Crippen molar-refractivity contribution in [2.24, 2.45) is 0 Å². The van der Waals surface area contributed by atoms with E-state index in [9.17, 15) is 9.59 Å². The predicted molar refractivity (Wildman–Crippen MR) is 82.6 cm³/mol. The van der Waals surface area contributed by atoms with E-state index >= 15 is 0 Å². The predicted octanol–water partition coefficient (Wildman–Crippen LogP) is 2.08. The number of rotatable bonds is 10. The molecule has 0 amide bonds. The van der Waals surface area contributed by atoms with Crippen LogP contribution in [0.15, 0.2) is 24.3 Å². The van der Waals surface area contributed by atoms with Crippen molar-refractivity contribution in [2.75, 3.05) is 40.9 Å². The van der Waals surface area contributed by atoms with Crippen LogP contribution in [-0.2, 0) is 19.1 Å². The summed E-state index contributed by atoms with van der Waals surface area (Å²) in [7, 11) is 6.03. The molecule has 0 rings (SSSR count). The van der Waals surface area contributed by atoms with Gasteiger partial charge in [0.25, 0.3) is 0 Å². The Morgan fingerprint density at radius 3 is 1.86 bits per heavy atom. The number of hydrogen-bond acceptors (Lipinski definition) is 4. The average molecular weight is 298 g/mol. The summed E-state index contributed by atoms with van der Waals surface area (Å²) < 4.78 is 10.8. The Hall–Kier alpha value is -1.62. The largest absolute Gasteiger partial charge is 0.462 e. The zero-order valence-corrected chi connectivity index (χ0v) is 13.7. The molecule has 0 fully saturated rings. The molecule has 0 aromatic rings. The smallest absolute Gasteiger partial charge is 0.333 e. The first-order valence-electron chi connectivity index (χ1n) is 7.17. The minimum atomic E-state index is -0.494. The van der Waals surface area contributed by atoms with Gasteiger partial charge in [-0.2, -0.15) is 0 Å². The molecule has 0 aromatic heterocycles. The second-order valence-corrected chi connectivity index (χ2v) is 6.02. The normalized spacial score (nSPS) is 10.9. The Morgan fingerprint density at radius 2 is 1.43 bits per heavy atom. The third kappa shape index (κ3) is 9.85. The van der Waals surface area contributed by atoms with E-state index in [1.807, 2.05) is 28.1 Å². The number of nitrogens with zero attached hydrogens (tertiary/aromatic N) is 1. The molecule has 0 unspecified atom stereocenters. The van der Waals surface area contributed by atoms with Gasteiger partial charge in [0, 0.05) is 17.6 Å². The lowest BCUT2D eigenvalue weighted by Gasteiger charge is -2.23. The van der Waals surface area contributed by atoms with Crippen LogP contribution in [0.2, 0.25) is 0 Å². The summed E-state index contributed by atoms with van der Waals surface area (Å²) in [5, 5.41) is 0. The van der Waals surface area contributed by atoms with Gasteiger partial charge in [0.2, 0.25) is 0 Å². The van der Waals surface area contributed by atoms with Crippen molar-refractivity contribution in [3.05, 3.63) is 24.3 Å². The third-order valence-corrected chi connectivity index (χ3v) is 2.73. The Bertz CT molecular complexity index is 394. The van der Waals surface area contributed by atoms with Crippen LogP contribution in [0.5, 0.6) is 0 Å². The SMILES string of the molecule is C=C(CC(=C)C(=O)OCC[N+](C)(C)C)C(=O)OCCCC. The summed E-state index contributed by atoms with van der Waals surface area (Å²) in [6, 6.07) is 0. The fourth-order valence-corrected chi connectivity index (χ4v) is 1.33. The molecule has 21 heavy (non-hydrogen) atoms. The van der Waals surface area contributed by atoms with E-state index in [4.69, 9.17) is 9.47 Å². The molecular weight excluding hydrogens is 270 g/mol. The number of hydrogen-bond donors (Lipinski definition) is 0. The molecule has 0 spiro atoms. The van der Waals surface area contributed by atoms with Crippen LogP contribution in [0.4, 0.5) is 0 Å². The van der Waals surface area contributed by atoms with Gasteiger partial charge < -0.3 is 14.0 Å². The molecule has 0 aliphatic carbocycles. The number of carbonyl (C=O) groups is 2. The summed E-state index contributed by atoms with van der Waals surface area (Å²) in [6.07, 6.45) is 1.84. The van der Waals surface area contributed by atoms with E-state index in [0.29, 0.717) is 24.2 Å². The zero-order chi connectivity index (χ0) is 16.5. The van der Waals surface area contributed by atoms with E-state index < -0.39 is 11.9 Å². The van der Waals surface area contributed by atoms with E-state index in [1.54, 1.807) is 0 Å². The van der Waals surface area contributed by atoms with Crippen LogP contribution in [0.25, 0.3) is 0 Å². The molecule has 0 radical (unpaired) electrons. The van der Waals surface area contributed by atoms with Crippen molar-refractivity contribution in [3.8, 4) is 0 Å². The Morgan fingerprint density at radius 1 is 0.952 bits per heavy atom. The first-order valence-corrected chi connectivity index (χ1v) is 7.17. The van der Waals surface area contributed by atoms with Crippen LogP contribution < -0.4 is 0 Å². The van der Waals surface area contributed by atoms with Gasteiger partial charge in [-0.3, -0.25) is 0 Å². The number of quaternary nitrogens is 1. The van der Waals surface area contributed by atoms with Gasteiger partial charge in [0.1, 0.15) is 13.2 Å². The highest BCUT2D eigenvalue weighted by atomic mass is 16.5. The van der Waals surface area contributed by atoms with E-state index in [1.165, 1.54) is 0 Å². The monoisotopic (exact) mass is 298 g/mol. The lowest BCUT2D eigenvalue weighted by atomic mass is 10.1. The van der Waals surface area contributed by atoms with Crippen molar-refractivity contribution in [1.82, 2.24) is 0 Å². The summed E-state index contributed by atoms with van der Waals surface area (Å²) in [4.78, 5) is 23.3.